The van der Waals surface area contributed by atoms with Crippen molar-refractivity contribution in [1.29, 1.82) is 0 Å². The lowest BCUT2D eigenvalue weighted by Crippen LogP contribution is -2.21. The van der Waals surface area contributed by atoms with E-state index < -0.39 is 0 Å². The Bertz CT molecular complexity index is 362. The number of unbranched alkanes of at least 4 members (excludes halogenated alkanes) is 2. The van der Waals surface area contributed by atoms with Gasteiger partial charge in [0.05, 0.1) is 0 Å². The number of hydrogen-bond donors (Lipinski definition) is 2. The third kappa shape index (κ3) is 5.11. The van der Waals surface area contributed by atoms with Gasteiger partial charge in [-0.3, -0.25) is 0 Å². The molecule has 0 unspecified atom stereocenters. The van der Waals surface area contributed by atoms with Gasteiger partial charge < -0.3 is 15.3 Å². The number of hydrogen-bond acceptors (Lipinski definition) is 3. The lowest BCUT2D eigenvalue weighted by molar-refractivity contribution is 0.283. The van der Waals surface area contributed by atoms with E-state index in [1.165, 1.54) is 16.9 Å². The Kier molecular flexibility index (Phi) is 7.34. The minimum absolute atomic E-state index is 0.303. The summed E-state index contributed by atoms with van der Waals surface area (Å²) in [6.45, 7) is 9.90. The van der Waals surface area contributed by atoms with Crippen LogP contribution in [0.25, 0.3) is 0 Å². The lowest BCUT2D eigenvalue weighted by Gasteiger charge is -2.22. The Morgan fingerprint density at radius 1 is 1.11 bits per heavy atom. The van der Waals surface area contributed by atoms with E-state index in [1.54, 1.807) is 0 Å². The van der Waals surface area contributed by atoms with Crippen molar-refractivity contribution in [1.82, 2.24) is 0 Å². The highest BCUT2D eigenvalue weighted by Gasteiger charge is 2.04. The van der Waals surface area contributed by atoms with Crippen LogP contribution in [0.2, 0.25) is 0 Å². The second-order valence-corrected chi connectivity index (χ2v) is 4.88. The van der Waals surface area contributed by atoms with E-state index in [-0.39, 0.29) is 0 Å². The van der Waals surface area contributed by atoms with Gasteiger partial charge in [-0.25, -0.2) is 0 Å². The molecule has 0 saturated heterocycles. The Labute approximate surface area is 117 Å². The molecule has 1 aromatic carbocycles. The maximum atomic E-state index is 8.73. The highest BCUT2D eigenvalue weighted by molar-refractivity contribution is 5.60. The van der Waals surface area contributed by atoms with Crippen molar-refractivity contribution in [2.75, 3.05) is 36.5 Å². The molecule has 2 N–H and O–H groups in total. The second kappa shape index (κ2) is 8.81. The van der Waals surface area contributed by atoms with Gasteiger partial charge in [0.2, 0.25) is 0 Å². The van der Waals surface area contributed by atoms with E-state index in [1.807, 2.05) is 0 Å². The van der Waals surface area contributed by atoms with Crippen LogP contribution in [-0.2, 0) is 0 Å². The fourth-order valence-electron chi connectivity index (χ4n) is 2.27. The molecule has 0 bridgehead atoms. The maximum absolute atomic E-state index is 8.73. The molecule has 0 spiro atoms. The first kappa shape index (κ1) is 15.8. The first-order chi connectivity index (χ1) is 9.22. The zero-order chi connectivity index (χ0) is 14.1. The van der Waals surface area contributed by atoms with E-state index in [2.05, 4.69) is 49.2 Å². The van der Waals surface area contributed by atoms with Crippen molar-refractivity contribution in [2.24, 2.45) is 0 Å². The standard InChI is InChI=1S/C16H28N2O/c1-4-18(5-2)15-9-10-16(14(3)13-15)17-11-7-6-8-12-19/h9-10,13,17,19H,4-8,11-12H2,1-3H3. The molecule has 0 saturated carbocycles. The monoisotopic (exact) mass is 264 g/mol. The van der Waals surface area contributed by atoms with Gasteiger partial charge in [0, 0.05) is 37.6 Å². The minimum Gasteiger partial charge on any atom is -0.396 e. The van der Waals surface area contributed by atoms with Crippen LogP contribution >= 0.6 is 0 Å². The summed E-state index contributed by atoms with van der Waals surface area (Å²) in [5.41, 5.74) is 3.82. The van der Waals surface area contributed by atoms with Crippen molar-refractivity contribution in [2.45, 2.75) is 40.0 Å². The van der Waals surface area contributed by atoms with E-state index in [0.29, 0.717) is 6.61 Å². The molecular weight excluding hydrogens is 236 g/mol. The highest BCUT2D eigenvalue weighted by Crippen LogP contribution is 2.22. The summed E-state index contributed by atoms with van der Waals surface area (Å²) in [5, 5.41) is 12.2. The molecule has 108 valence electrons. The van der Waals surface area contributed by atoms with Crippen LogP contribution in [0.1, 0.15) is 38.7 Å². The summed E-state index contributed by atoms with van der Waals surface area (Å²) in [7, 11) is 0. The van der Waals surface area contributed by atoms with Crippen molar-refractivity contribution >= 4 is 11.4 Å². The van der Waals surface area contributed by atoms with Gasteiger partial charge in [-0.15, -0.1) is 0 Å². The molecule has 0 aliphatic heterocycles. The fraction of sp³-hybridized carbons (Fsp3) is 0.625. The minimum atomic E-state index is 0.303. The molecule has 0 aliphatic rings. The number of aliphatic hydroxyl groups excluding tert-OH is 1. The van der Waals surface area contributed by atoms with E-state index >= 15 is 0 Å². The summed E-state index contributed by atoms with van der Waals surface area (Å²) in [5.74, 6) is 0. The van der Waals surface area contributed by atoms with Crippen LogP contribution in [0.4, 0.5) is 11.4 Å². The molecule has 0 atom stereocenters. The van der Waals surface area contributed by atoms with Gasteiger partial charge in [-0.2, -0.15) is 0 Å². The smallest absolute Gasteiger partial charge is 0.0431 e. The third-order valence-electron chi connectivity index (χ3n) is 3.49. The normalized spacial score (nSPS) is 10.5. The fourth-order valence-corrected chi connectivity index (χ4v) is 2.27. The molecule has 0 fully saturated rings. The number of rotatable bonds is 9. The first-order valence-electron chi connectivity index (χ1n) is 7.43. The molecule has 0 radical (unpaired) electrons. The predicted octanol–water partition coefficient (Wildman–Crippen LogP) is 3.42. The van der Waals surface area contributed by atoms with Crippen molar-refractivity contribution in [3.05, 3.63) is 23.8 Å². The number of anilines is 2. The Hall–Kier alpha value is -1.22. The zero-order valence-electron chi connectivity index (χ0n) is 12.6. The van der Waals surface area contributed by atoms with Gasteiger partial charge in [-0.05, 0) is 63.8 Å². The number of benzene rings is 1. The summed E-state index contributed by atoms with van der Waals surface area (Å²) >= 11 is 0. The summed E-state index contributed by atoms with van der Waals surface area (Å²) in [6.07, 6.45) is 3.10. The molecule has 0 aliphatic carbocycles. The number of nitrogens with zero attached hydrogens (tertiary/aromatic N) is 1. The summed E-state index contributed by atoms with van der Waals surface area (Å²) < 4.78 is 0. The van der Waals surface area contributed by atoms with Crippen LogP contribution in [-0.4, -0.2) is 31.3 Å². The van der Waals surface area contributed by atoms with Gasteiger partial charge >= 0.3 is 0 Å². The molecule has 0 heterocycles. The average Bonchev–Trinajstić information content (AvgIpc) is 2.42. The molecule has 1 rings (SSSR count). The van der Waals surface area contributed by atoms with Gasteiger partial charge in [0.1, 0.15) is 0 Å². The maximum Gasteiger partial charge on any atom is 0.0431 e. The summed E-state index contributed by atoms with van der Waals surface area (Å²) in [6, 6.07) is 6.62. The lowest BCUT2D eigenvalue weighted by atomic mass is 10.1. The number of nitrogens with one attached hydrogen (secondary N) is 1. The summed E-state index contributed by atoms with van der Waals surface area (Å²) in [4.78, 5) is 2.36. The number of aliphatic hydroxyl groups is 1. The van der Waals surface area contributed by atoms with E-state index in [0.717, 1.165) is 38.9 Å². The Morgan fingerprint density at radius 2 is 1.84 bits per heavy atom. The quantitative estimate of drug-likeness (QED) is 0.671. The van der Waals surface area contributed by atoms with Gasteiger partial charge in [0.25, 0.3) is 0 Å². The van der Waals surface area contributed by atoms with Crippen LogP contribution in [0.15, 0.2) is 18.2 Å². The third-order valence-corrected chi connectivity index (χ3v) is 3.49. The second-order valence-electron chi connectivity index (χ2n) is 4.88. The van der Waals surface area contributed by atoms with Gasteiger partial charge in [-0.1, -0.05) is 0 Å². The molecule has 3 nitrogen and oxygen atoms in total. The van der Waals surface area contributed by atoms with Gasteiger partial charge in [0.15, 0.2) is 0 Å². The number of aryl methyl sites for hydroxylation is 1. The van der Waals surface area contributed by atoms with E-state index in [4.69, 9.17) is 5.11 Å². The predicted molar refractivity (Wildman–Crippen MR) is 84.2 cm³/mol. The molecule has 0 aromatic heterocycles. The largest absolute Gasteiger partial charge is 0.396 e. The van der Waals surface area contributed by atoms with Crippen LogP contribution < -0.4 is 10.2 Å². The van der Waals surface area contributed by atoms with Crippen LogP contribution in [0.3, 0.4) is 0 Å². The highest BCUT2D eigenvalue weighted by atomic mass is 16.2. The molecule has 1 aromatic rings. The first-order valence-corrected chi connectivity index (χ1v) is 7.43. The molecule has 3 heteroatoms. The Morgan fingerprint density at radius 3 is 2.42 bits per heavy atom. The van der Waals surface area contributed by atoms with Crippen molar-refractivity contribution < 1.29 is 5.11 Å². The average molecular weight is 264 g/mol. The van der Waals surface area contributed by atoms with Crippen LogP contribution in [0, 0.1) is 6.92 Å². The van der Waals surface area contributed by atoms with Crippen LogP contribution in [0.5, 0.6) is 0 Å². The molecule has 19 heavy (non-hydrogen) atoms. The SMILES string of the molecule is CCN(CC)c1ccc(NCCCCCO)c(C)c1. The zero-order valence-corrected chi connectivity index (χ0v) is 12.6. The topological polar surface area (TPSA) is 35.5 Å². The molecular formula is C16H28N2O. The Balaban J connectivity index is 2.52. The molecule has 0 amide bonds. The van der Waals surface area contributed by atoms with Crippen molar-refractivity contribution in [3.8, 4) is 0 Å². The van der Waals surface area contributed by atoms with Crippen molar-refractivity contribution in [3.63, 3.8) is 0 Å². The van der Waals surface area contributed by atoms with E-state index in [9.17, 15) is 0 Å².